The highest BCUT2D eigenvalue weighted by Gasteiger charge is 2.27. The van der Waals surface area contributed by atoms with Crippen molar-refractivity contribution in [3.63, 3.8) is 0 Å². The third-order valence-corrected chi connectivity index (χ3v) is 9.40. The second kappa shape index (κ2) is 12.0. The van der Waals surface area contributed by atoms with Gasteiger partial charge in [0.15, 0.2) is 11.9 Å². The monoisotopic (exact) mass is 566 g/mol. The summed E-state index contributed by atoms with van der Waals surface area (Å²) in [6, 6.07) is 23.9. The Morgan fingerprint density at radius 3 is 2.38 bits per heavy atom. The number of aromatic nitrogens is 2. The highest BCUT2D eigenvalue weighted by Crippen LogP contribution is 2.30. The van der Waals surface area contributed by atoms with E-state index in [1.54, 1.807) is 4.31 Å². The lowest BCUT2D eigenvalue weighted by molar-refractivity contribution is 0.212. The smallest absolute Gasteiger partial charge is 0.214 e. The Balaban J connectivity index is 1.43. The van der Waals surface area contributed by atoms with Crippen molar-refractivity contribution < 1.29 is 13.2 Å². The lowest BCUT2D eigenvalue weighted by Gasteiger charge is -2.35. The molecular formula is C30H35ClN4O3S. The third-order valence-electron chi connectivity index (χ3n) is 7.19. The van der Waals surface area contributed by atoms with Gasteiger partial charge in [-0.15, -0.1) is 0 Å². The Morgan fingerprint density at radius 1 is 0.974 bits per heavy atom. The zero-order valence-electron chi connectivity index (χ0n) is 22.5. The maximum Gasteiger partial charge on any atom is 0.214 e. The summed E-state index contributed by atoms with van der Waals surface area (Å²) >= 11 is 6.14. The quantitative estimate of drug-likeness (QED) is 0.231. The Hall–Kier alpha value is -3.07. The van der Waals surface area contributed by atoms with E-state index in [1.165, 1.54) is 0 Å². The lowest BCUT2D eigenvalue weighted by atomic mass is 10.2. The van der Waals surface area contributed by atoms with E-state index < -0.39 is 10.0 Å². The van der Waals surface area contributed by atoms with Crippen molar-refractivity contribution in [2.24, 2.45) is 0 Å². The van der Waals surface area contributed by atoms with E-state index in [9.17, 15) is 8.42 Å². The van der Waals surface area contributed by atoms with Crippen LogP contribution in [0.15, 0.2) is 72.8 Å². The van der Waals surface area contributed by atoms with E-state index in [0.717, 1.165) is 40.3 Å². The predicted molar refractivity (Wildman–Crippen MR) is 158 cm³/mol. The minimum atomic E-state index is -3.19. The summed E-state index contributed by atoms with van der Waals surface area (Å²) in [6.45, 7) is 6.97. The van der Waals surface area contributed by atoms with Gasteiger partial charge in [0, 0.05) is 43.4 Å². The Kier molecular flexibility index (Phi) is 8.45. The molecule has 0 amide bonds. The minimum absolute atomic E-state index is 0.228. The molecule has 1 aromatic heterocycles. The van der Waals surface area contributed by atoms with Gasteiger partial charge in [-0.1, -0.05) is 55.3 Å². The summed E-state index contributed by atoms with van der Waals surface area (Å²) in [7, 11) is -3.19. The third kappa shape index (κ3) is 6.40. The predicted octanol–water partition coefficient (Wildman–Crippen LogP) is 6.13. The van der Waals surface area contributed by atoms with Gasteiger partial charge in [0.2, 0.25) is 10.0 Å². The number of rotatable bonds is 10. The lowest BCUT2D eigenvalue weighted by Crippen LogP contribution is -2.49. The number of hydrogen-bond acceptors (Lipinski definition) is 5. The number of benzene rings is 3. The van der Waals surface area contributed by atoms with Crippen molar-refractivity contribution in [3.8, 4) is 5.75 Å². The maximum atomic E-state index is 12.7. The molecule has 1 aliphatic heterocycles. The molecule has 1 unspecified atom stereocenters. The van der Waals surface area contributed by atoms with Crippen LogP contribution in [-0.4, -0.2) is 54.2 Å². The van der Waals surface area contributed by atoms with Crippen LogP contribution < -0.4 is 9.64 Å². The van der Waals surface area contributed by atoms with E-state index in [2.05, 4.69) is 21.6 Å². The summed E-state index contributed by atoms with van der Waals surface area (Å²) in [5, 5.41) is 0.702. The Bertz CT molecular complexity index is 1500. The summed E-state index contributed by atoms with van der Waals surface area (Å²) in [4.78, 5) is 7.25. The largest absolute Gasteiger partial charge is 0.483 e. The normalized spacial score (nSPS) is 15.5. The summed E-state index contributed by atoms with van der Waals surface area (Å²) < 4.78 is 35.5. The number of fused-ring (bicyclic) bond motifs is 1. The SMILES string of the molecule is CCCCS(=O)(=O)N1CCN(c2ccc3nc(C(C)Oc4ccccc4)n(Cc4ccc(Cl)cc4)c3c2)CC1. The molecule has 7 nitrogen and oxygen atoms in total. The van der Waals surface area contributed by atoms with Crippen LogP contribution in [0.1, 0.15) is 44.2 Å². The van der Waals surface area contributed by atoms with Crippen LogP contribution in [0.5, 0.6) is 5.75 Å². The summed E-state index contributed by atoms with van der Waals surface area (Å²) in [5.74, 6) is 1.86. The van der Waals surface area contributed by atoms with E-state index in [0.29, 0.717) is 44.2 Å². The summed E-state index contributed by atoms with van der Waals surface area (Å²) in [6.07, 6.45) is 1.30. The first-order chi connectivity index (χ1) is 18.8. The van der Waals surface area contributed by atoms with Crippen molar-refractivity contribution in [2.45, 2.75) is 39.3 Å². The number of hydrogen-bond donors (Lipinski definition) is 0. The average molecular weight is 567 g/mol. The molecule has 0 spiro atoms. The molecule has 3 aromatic carbocycles. The van der Waals surface area contributed by atoms with Gasteiger partial charge in [-0.2, -0.15) is 4.31 Å². The number of halogens is 1. The van der Waals surface area contributed by atoms with Crippen molar-refractivity contribution in [1.29, 1.82) is 0 Å². The minimum Gasteiger partial charge on any atom is -0.483 e. The molecule has 1 atom stereocenters. The molecule has 0 aliphatic carbocycles. The molecule has 0 radical (unpaired) electrons. The molecule has 0 saturated carbocycles. The highest BCUT2D eigenvalue weighted by molar-refractivity contribution is 7.89. The number of ether oxygens (including phenoxy) is 1. The molecule has 206 valence electrons. The zero-order chi connectivity index (χ0) is 27.4. The van der Waals surface area contributed by atoms with Crippen molar-refractivity contribution in [3.05, 3.63) is 89.2 Å². The molecule has 5 rings (SSSR count). The fourth-order valence-corrected chi connectivity index (χ4v) is 6.77. The number of para-hydroxylation sites is 1. The van der Waals surface area contributed by atoms with Crippen LogP contribution in [0.2, 0.25) is 5.02 Å². The molecule has 1 fully saturated rings. The first-order valence-electron chi connectivity index (χ1n) is 13.5. The fourth-order valence-electron chi connectivity index (χ4n) is 5.01. The van der Waals surface area contributed by atoms with Crippen LogP contribution in [0.25, 0.3) is 11.0 Å². The van der Waals surface area contributed by atoms with E-state index in [1.807, 2.05) is 74.5 Å². The summed E-state index contributed by atoms with van der Waals surface area (Å²) in [5.41, 5.74) is 4.09. The molecule has 0 bridgehead atoms. The van der Waals surface area contributed by atoms with Crippen molar-refractivity contribution in [1.82, 2.24) is 13.9 Å². The first-order valence-corrected chi connectivity index (χ1v) is 15.5. The molecule has 9 heteroatoms. The van der Waals surface area contributed by atoms with Crippen LogP contribution in [0, 0.1) is 0 Å². The van der Waals surface area contributed by atoms with Crippen LogP contribution in [0.3, 0.4) is 0 Å². The number of sulfonamides is 1. The van der Waals surface area contributed by atoms with Crippen LogP contribution in [0.4, 0.5) is 5.69 Å². The molecule has 1 saturated heterocycles. The number of nitrogens with zero attached hydrogens (tertiary/aromatic N) is 4. The van der Waals surface area contributed by atoms with Crippen molar-refractivity contribution >= 4 is 38.3 Å². The second-order valence-electron chi connectivity index (χ2n) is 9.98. The Labute approximate surface area is 236 Å². The van der Waals surface area contributed by atoms with Gasteiger partial charge < -0.3 is 14.2 Å². The van der Waals surface area contributed by atoms with Gasteiger partial charge in [0.05, 0.1) is 16.8 Å². The molecule has 39 heavy (non-hydrogen) atoms. The van der Waals surface area contributed by atoms with E-state index in [4.69, 9.17) is 21.3 Å². The fraction of sp³-hybridized carbons (Fsp3) is 0.367. The average Bonchev–Trinajstić information content (AvgIpc) is 3.31. The van der Waals surface area contributed by atoms with E-state index in [-0.39, 0.29) is 11.9 Å². The van der Waals surface area contributed by atoms with E-state index >= 15 is 0 Å². The number of unbranched alkanes of at least 4 members (excludes halogenated alkanes) is 1. The standard InChI is InChI=1S/C30H35ClN4O3S/c1-3-4-20-39(36,37)34-18-16-33(17-19-34)26-14-15-28-29(21-26)35(22-24-10-12-25(31)13-11-24)30(32-28)23(2)38-27-8-6-5-7-9-27/h5-15,21,23H,3-4,16-20,22H2,1-2H3. The molecule has 1 aliphatic rings. The van der Waals surface area contributed by atoms with Gasteiger partial charge in [0.1, 0.15) is 5.75 Å². The van der Waals surface area contributed by atoms with Gasteiger partial charge in [-0.05, 0) is 61.4 Å². The number of imidazole rings is 1. The highest BCUT2D eigenvalue weighted by atomic mass is 35.5. The molecule has 0 N–H and O–H groups in total. The van der Waals surface area contributed by atoms with Gasteiger partial charge in [-0.25, -0.2) is 13.4 Å². The van der Waals surface area contributed by atoms with Crippen LogP contribution in [-0.2, 0) is 16.6 Å². The number of anilines is 1. The van der Waals surface area contributed by atoms with Crippen LogP contribution >= 0.6 is 11.6 Å². The molecule has 2 heterocycles. The Morgan fingerprint density at radius 2 is 1.69 bits per heavy atom. The van der Waals surface area contributed by atoms with Crippen molar-refractivity contribution in [2.75, 3.05) is 36.8 Å². The second-order valence-corrected chi connectivity index (χ2v) is 12.5. The maximum absolute atomic E-state index is 12.7. The molecule has 4 aromatic rings. The van der Waals surface area contributed by atoms with Gasteiger partial charge in [-0.3, -0.25) is 0 Å². The van der Waals surface area contributed by atoms with Gasteiger partial charge >= 0.3 is 0 Å². The molecular weight excluding hydrogens is 532 g/mol. The topological polar surface area (TPSA) is 67.7 Å². The number of piperazine rings is 1. The van der Waals surface area contributed by atoms with Gasteiger partial charge in [0.25, 0.3) is 0 Å². The zero-order valence-corrected chi connectivity index (χ0v) is 24.0. The first kappa shape index (κ1) is 27.5.